The molecule has 6 heteroatoms. The fraction of sp³-hybridized carbons (Fsp3) is 0.625. The van der Waals surface area contributed by atoms with Crippen molar-refractivity contribution in [1.82, 2.24) is 14.5 Å². The molecule has 0 radical (unpaired) electrons. The van der Waals surface area contributed by atoms with Gasteiger partial charge in [-0.15, -0.1) is 0 Å². The van der Waals surface area contributed by atoms with E-state index in [0.717, 1.165) is 51.3 Å². The van der Waals surface area contributed by atoms with Crippen molar-refractivity contribution in [3.63, 3.8) is 0 Å². The van der Waals surface area contributed by atoms with E-state index in [1.165, 1.54) is 0 Å². The average molecular weight is 325 g/mol. The van der Waals surface area contributed by atoms with Crippen LogP contribution in [0.2, 0.25) is 0 Å². The summed E-state index contributed by atoms with van der Waals surface area (Å²) in [6, 6.07) is 6.95. The van der Waals surface area contributed by atoms with Gasteiger partial charge in [0.05, 0.1) is 4.90 Å². The summed E-state index contributed by atoms with van der Waals surface area (Å²) in [6.45, 7) is 11.1. The first-order valence-electron chi connectivity index (χ1n) is 8.02. The fourth-order valence-electron chi connectivity index (χ4n) is 2.64. The highest BCUT2D eigenvalue weighted by Gasteiger charge is 2.16. The van der Waals surface area contributed by atoms with Crippen molar-refractivity contribution in [3.05, 3.63) is 29.8 Å². The molecule has 1 aliphatic heterocycles. The molecule has 1 N–H and O–H groups in total. The zero-order valence-corrected chi connectivity index (χ0v) is 14.4. The van der Waals surface area contributed by atoms with E-state index in [1.54, 1.807) is 12.1 Å². The minimum atomic E-state index is -3.37. The molecule has 1 aliphatic rings. The van der Waals surface area contributed by atoms with Gasteiger partial charge in [0.1, 0.15) is 0 Å². The smallest absolute Gasteiger partial charge is 0.240 e. The van der Waals surface area contributed by atoms with Crippen LogP contribution in [-0.2, 0) is 10.0 Å². The van der Waals surface area contributed by atoms with Crippen molar-refractivity contribution in [1.29, 1.82) is 0 Å². The minimum Gasteiger partial charge on any atom is -0.301 e. The molecule has 2 rings (SSSR count). The summed E-state index contributed by atoms with van der Waals surface area (Å²) in [7, 11) is -3.37. The lowest BCUT2D eigenvalue weighted by Crippen LogP contribution is -2.46. The van der Waals surface area contributed by atoms with E-state index in [9.17, 15) is 8.42 Å². The molecular weight excluding hydrogens is 298 g/mol. The predicted molar refractivity (Wildman–Crippen MR) is 89.5 cm³/mol. The van der Waals surface area contributed by atoms with Gasteiger partial charge >= 0.3 is 0 Å². The normalized spacial score (nSPS) is 17.7. The topological polar surface area (TPSA) is 52.6 Å². The molecule has 22 heavy (non-hydrogen) atoms. The Balaban J connectivity index is 1.71. The Kier molecular flexibility index (Phi) is 6.37. The van der Waals surface area contributed by atoms with Gasteiger partial charge in [-0.1, -0.05) is 24.6 Å². The molecule has 0 bridgehead atoms. The molecule has 1 aromatic rings. The van der Waals surface area contributed by atoms with Crippen LogP contribution in [0.1, 0.15) is 18.9 Å². The summed E-state index contributed by atoms with van der Waals surface area (Å²) in [5.74, 6) is 0. The Morgan fingerprint density at radius 3 is 2.23 bits per heavy atom. The number of likely N-dealkylation sites (N-methyl/N-ethyl adjacent to an activating group) is 1. The second kappa shape index (κ2) is 8.06. The molecule has 0 aromatic heterocycles. The average Bonchev–Trinajstić information content (AvgIpc) is 2.52. The molecular formula is C16H27N3O2S. The van der Waals surface area contributed by atoms with E-state index >= 15 is 0 Å². The quantitative estimate of drug-likeness (QED) is 0.768. The third kappa shape index (κ3) is 5.05. The molecule has 0 saturated carbocycles. The van der Waals surface area contributed by atoms with Crippen LogP contribution in [0.5, 0.6) is 0 Å². The first kappa shape index (κ1) is 17.4. The lowest BCUT2D eigenvalue weighted by Gasteiger charge is -2.33. The molecule has 0 unspecified atom stereocenters. The summed E-state index contributed by atoms with van der Waals surface area (Å²) in [5, 5.41) is 0. The largest absolute Gasteiger partial charge is 0.301 e. The van der Waals surface area contributed by atoms with Crippen LogP contribution in [-0.4, -0.2) is 64.0 Å². The molecule has 1 saturated heterocycles. The summed E-state index contributed by atoms with van der Waals surface area (Å²) >= 11 is 0. The Hall–Kier alpha value is -0.950. The van der Waals surface area contributed by atoms with Gasteiger partial charge in [0, 0.05) is 32.7 Å². The zero-order chi connectivity index (χ0) is 16.0. The van der Waals surface area contributed by atoms with E-state index in [0.29, 0.717) is 11.4 Å². The van der Waals surface area contributed by atoms with Crippen LogP contribution < -0.4 is 4.72 Å². The Morgan fingerprint density at radius 1 is 1.05 bits per heavy atom. The minimum absolute atomic E-state index is 0.342. The first-order chi connectivity index (χ1) is 10.5. The monoisotopic (exact) mass is 325 g/mol. The van der Waals surface area contributed by atoms with Gasteiger partial charge in [-0.2, -0.15) is 0 Å². The van der Waals surface area contributed by atoms with Gasteiger partial charge in [-0.25, -0.2) is 13.1 Å². The standard InChI is InChI=1S/C16H27N3O2S/c1-3-18-11-13-19(14-12-18)10-4-9-17-22(20,21)16-7-5-15(2)6-8-16/h5-8,17H,3-4,9-14H2,1-2H3. The maximum absolute atomic E-state index is 12.1. The Labute approximate surface area is 134 Å². The molecule has 0 amide bonds. The van der Waals surface area contributed by atoms with Crippen molar-refractivity contribution in [2.45, 2.75) is 25.2 Å². The number of hydrogen-bond acceptors (Lipinski definition) is 4. The third-order valence-electron chi connectivity index (χ3n) is 4.19. The third-order valence-corrected chi connectivity index (χ3v) is 5.66. The van der Waals surface area contributed by atoms with Crippen LogP contribution in [0.15, 0.2) is 29.2 Å². The van der Waals surface area contributed by atoms with Gasteiger partial charge in [0.2, 0.25) is 10.0 Å². The highest BCUT2D eigenvalue weighted by atomic mass is 32.2. The van der Waals surface area contributed by atoms with Crippen molar-refractivity contribution in [2.24, 2.45) is 0 Å². The fourth-order valence-corrected chi connectivity index (χ4v) is 3.71. The summed E-state index contributed by atoms with van der Waals surface area (Å²) in [5.41, 5.74) is 1.06. The maximum atomic E-state index is 12.1. The number of piperazine rings is 1. The Morgan fingerprint density at radius 2 is 1.64 bits per heavy atom. The second-order valence-corrected chi connectivity index (χ2v) is 7.61. The van der Waals surface area contributed by atoms with Crippen molar-refractivity contribution in [2.75, 3.05) is 45.8 Å². The number of benzene rings is 1. The van der Waals surface area contributed by atoms with E-state index in [1.807, 2.05) is 19.1 Å². The van der Waals surface area contributed by atoms with Gasteiger partial charge in [-0.3, -0.25) is 0 Å². The van der Waals surface area contributed by atoms with Gasteiger partial charge in [0.15, 0.2) is 0 Å². The highest BCUT2D eigenvalue weighted by Crippen LogP contribution is 2.09. The highest BCUT2D eigenvalue weighted by molar-refractivity contribution is 7.89. The molecule has 124 valence electrons. The summed E-state index contributed by atoms with van der Waals surface area (Å²) < 4.78 is 27.0. The second-order valence-electron chi connectivity index (χ2n) is 5.84. The molecule has 0 aliphatic carbocycles. The predicted octanol–water partition coefficient (Wildman–Crippen LogP) is 1.30. The zero-order valence-electron chi connectivity index (χ0n) is 13.6. The maximum Gasteiger partial charge on any atom is 0.240 e. The van der Waals surface area contributed by atoms with Crippen molar-refractivity contribution >= 4 is 10.0 Å². The van der Waals surface area contributed by atoms with E-state index in [4.69, 9.17) is 0 Å². The molecule has 1 fully saturated rings. The van der Waals surface area contributed by atoms with Crippen LogP contribution in [0.25, 0.3) is 0 Å². The summed E-state index contributed by atoms with van der Waals surface area (Å²) in [6.07, 6.45) is 0.844. The van der Waals surface area contributed by atoms with E-state index < -0.39 is 10.0 Å². The lowest BCUT2D eigenvalue weighted by molar-refractivity contribution is 0.136. The molecule has 0 spiro atoms. The number of aryl methyl sites for hydroxylation is 1. The molecule has 5 nitrogen and oxygen atoms in total. The lowest BCUT2D eigenvalue weighted by atomic mass is 10.2. The number of nitrogens with zero attached hydrogens (tertiary/aromatic N) is 2. The van der Waals surface area contributed by atoms with Crippen molar-refractivity contribution in [3.8, 4) is 0 Å². The number of nitrogens with one attached hydrogen (secondary N) is 1. The van der Waals surface area contributed by atoms with Gasteiger partial charge in [-0.05, 0) is 38.6 Å². The number of rotatable bonds is 7. The van der Waals surface area contributed by atoms with Crippen LogP contribution in [0, 0.1) is 6.92 Å². The summed E-state index contributed by atoms with van der Waals surface area (Å²) in [4.78, 5) is 5.19. The first-order valence-corrected chi connectivity index (χ1v) is 9.50. The number of sulfonamides is 1. The molecule has 1 aromatic carbocycles. The van der Waals surface area contributed by atoms with E-state index in [2.05, 4.69) is 21.4 Å². The van der Waals surface area contributed by atoms with Crippen LogP contribution in [0.4, 0.5) is 0 Å². The molecule has 1 heterocycles. The van der Waals surface area contributed by atoms with E-state index in [-0.39, 0.29) is 0 Å². The SMILES string of the molecule is CCN1CCN(CCCNS(=O)(=O)c2ccc(C)cc2)CC1. The van der Waals surface area contributed by atoms with Gasteiger partial charge < -0.3 is 9.80 Å². The number of hydrogen-bond donors (Lipinski definition) is 1. The van der Waals surface area contributed by atoms with Crippen LogP contribution in [0.3, 0.4) is 0 Å². The molecule has 0 atom stereocenters. The van der Waals surface area contributed by atoms with Crippen molar-refractivity contribution < 1.29 is 8.42 Å². The Bertz CT molecular complexity index is 549. The van der Waals surface area contributed by atoms with Crippen LogP contribution >= 0.6 is 0 Å². The van der Waals surface area contributed by atoms with Gasteiger partial charge in [0.25, 0.3) is 0 Å².